The van der Waals surface area contributed by atoms with Gasteiger partial charge in [0.15, 0.2) is 0 Å². The van der Waals surface area contributed by atoms with Crippen LogP contribution in [-0.4, -0.2) is 6.54 Å². The molecule has 2 unspecified atom stereocenters. The average Bonchev–Trinajstić information content (AvgIpc) is 2.12. The normalized spacial score (nSPS) is 27.5. The SMILES string of the molecule is CC1CNc2ccccc2C1N. The predicted octanol–water partition coefficient (Wildman–Crippen LogP) is 1.75. The van der Waals surface area contributed by atoms with Gasteiger partial charge in [-0.25, -0.2) is 0 Å². The van der Waals surface area contributed by atoms with Crippen LogP contribution in [0.15, 0.2) is 24.3 Å². The van der Waals surface area contributed by atoms with Gasteiger partial charge in [-0.15, -0.1) is 0 Å². The summed E-state index contributed by atoms with van der Waals surface area (Å²) in [5, 5.41) is 3.36. The lowest BCUT2D eigenvalue weighted by atomic mass is 9.90. The Morgan fingerprint density at radius 2 is 2.17 bits per heavy atom. The number of hydrogen-bond donors (Lipinski definition) is 2. The van der Waals surface area contributed by atoms with Crippen LogP contribution in [-0.2, 0) is 0 Å². The summed E-state index contributed by atoms with van der Waals surface area (Å²) >= 11 is 0. The molecular weight excluding hydrogens is 148 g/mol. The molecule has 0 fully saturated rings. The average molecular weight is 162 g/mol. The largest absolute Gasteiger partial charge is 0.384 e. The lowest BCUT2D eigenvalue weighted by Crippen LogP contribution is -2.30. The highest BCUT2D eigenvalue weighted by molar-refractivity contribution is 5.54. The van der Waals surface area contributed by atoms with Crippen LogP contribution in [0.4, 0.5) is 5.69 Å². The van der Waals surface area contributed by atoms with Crippen molar-refractivity contribution in [3.05, 3.63) is 29.8 Å². The molecule has 0 bridgehead atoms. The molecule has 2 nitrogen and oxygen atoms in total. The van der Waals surface area contributed by atoms with Crippen LogP contribution in [0.1, 0.15) is 18.5 Å². The molecule has 2 heteroatoms. The molecule has 1 aromatic rings. The molecule has 2 rings (SSSR count). The molecule has 3 N–H and O–H groups in total. The van der Waals surface area contributed by atoms with E-state index in [2.05, 4.69) is 24.4 Å². The molecule has 2 atom stereocenters. The molecule has 1 heterocycles. The fourth-order valence-corrected chi connectivity index (χ4v) is 1.65. The molecule has 0 aromatic heterocycles. The van der Waals surface area contributed by atoms with E-state index in [1.807, 2.05) is 12.1 Å². The summed E-state index contributed by atoms with van der Waals surface area (Å²) in [5.41, 5.74) is 8.49. The Morgan fingerprint density at radius 3 is 3.00 bits per heavy atom. The lowest BCUT2D eigenvalue weighted by Gasteiger charge is -2.29. The first kappa shape index (κ1) is 7.62. The fourth-order valence-electron chi connectivity index (χ4n) is 1.65. The van der Waals surface area contributed by atoms with Gasteiger partial charge >= 0.3 is 0 Å². The second-order valence-electron chi connectivity index (χ2n) is 3.47. The van der Waals surface area contributed by atoms with Crippen molar-refractivity contribution in [2.24, 2.45) is 11.7 Å². The minimum atomic E-state index is 0.197. The van der Waals surface area contributed by atoms with Crippen molar-refractivity contribution in [1.82, 2.24) is 0 Å². The van der Waals surface area contributed by atoms with E-state index < -0.39 is 0 Å². The van der Waals surface area contributed by atoms with Crippen LogP contribution in [0.25, 0.3) is 0 Å². The third-order valence-electron chi connectivity index (χ3n) is 2.55. The molecule has 1 aliphatic heterocycles. The molecule has 0 radical (unpaired) electrons. The van der Waals surface area contributed by atoms with E-state index >= 15 is 0 Å². The number of nitrogens with one attached hydrogen (secondary N) is 1. The van der Waals surface area contributed by atoms with Gasteiger partial charge in [-0.05, 0) is 17.5 Å². The third-order valence-corrected chi connectivity index (χ3v) is 2.55. The van der Waals surface area contributed by atoms with Crippen molar-refractivity contribution < 1.29 is 0 Å². The molecule has 0 spiro atoms. The van der Waals surface area contributed by atoms with Crippen LogP contribution in [0, 0.1) is 5.92 Å². The topological polar surface area (TPSA) is 38.0 Å². The maximum absolute atomic E-state index is 6.05. The maximum Gasteiger partial charge on any atom is 0.0388 e. The summed E-state index contributed by atoms with van der Waals surface area (Å²) < 4.78 is 0. The lowest BCUT2D eigenvalue weighted by molar-refractivity contribution is 0.479. The summed E-state index contributed by atoms with van der Waals surface area (Å²) in [6, 6.07) is 8.46. The Hall–Kier alpha value is -1.02. The highest BCUT2D eigenvalue weighted by atomic mass is 14.9. The number of para-hydroxylation sites is 1. The number of anilines is 1. The zero-order valence-electron chi connectivity index (χ0n) is 7.25. The molecule has 0 saturated heterocycles. The van der Waals surface area contributed by atoms with E-state index in [9.17, 15) is 0 Å². The van der Waals surface area contributed by atoms with Crippen molar-refractivity contribution in [3.63, 3.8) is 0 Å². The van der Waals surface area contributed by atoms with Gasteiger partial charge in [-0.2, -0.15) is 0 Å². The molecule has 12 heavy (non-hydrogen) atoms. The molecule has 1 aliphatic rings. The molecule has 64 valence electrons. The number of nitrogens with two attached hydrogens (primary N) is 1. The van der Waals surface area contributed by atoms with E-state index in [0.717, 1.165) is 6.54 Å². The van der Waals surface area contributed by atoms with Crippen LogP contribution < -0.4 is 11.1 Å². The Kier molecular flexibility index (Phi) is 1.77. The number of hydrogen-bond acceptors (Lipinski definition) is 2. The van der Waals surface area contributed by atoms with E-state index in [-0.39, 0.29) is 6.04 Å². The third kappa shape index (κ3) is 1.08. The molecule has 0 amide bonds. The van der Waals surface area contributed by atoms with Crippen LogP contribution in [0.5, 0.6) is 0 Å². The summed E-state index contributed by atoms with van der Waals surface area (Å²) in [4.78, 5) is 0. The van der Waals surface area contributed by atoms with Crippen molar-refractivity contribution in [3.8, 4) is 0 Å². The smallest absolute Gasteiger partial charge is 0.0388 e. The van der Waals surface area contributed by atoms with Crippen molar-refractivity contribution in [2.45, 2.75) is 13.0 Å². The van der Waals surface area contributed by atoms with Gasteiger partial charge in [0.2, 0.25) is 0 Å². The molecular formula is C10H14N2. The quantitative estimate of drug-likeness (QED) is 0.610. The number of rotatable bonds is 0. The van der Waals surface area contributed by atoms with E-state index in [4.69, 9.17) is 5.73 Å². The maximum atomic E-state index is 6.05. The van der Waals surface area contributed by atoms with Gasteiger partial charge in [-0.3, -0.25) is 0 Å². The Labute approximate surface area is 72.8 Å². The Morgan fingerprint density at radius 1 is 1.42 bits per heavy atom. The number of fused-ring (bicyclic) bond motifs is 1. The summed E-state index contributed by atoms with van der Waals surface area (Å²) in [6.07, 6.45) is 0. The van der Waals surface area contributed by atoms with Crippen LogP contribution >= 0.6 is 0 Å². The first-order valence-corrected chi connectivity index (χ1v) is 4.37. The summed E-state index contributed by atoms with van der Waals surface area (Å²) in [6.45, 7) is 3.16. The highest BCUT2D eigenvalue weighted by Crippen LogP contribution is 2.30. The molecule has 0 saturated carbocycles. The van der Waals surface area contributed by atoms with Crippen molar-refractivity contribution in [2.75, 3.05) is 11.9 Å². The zero-order chi connectivity index (χ0) is 8.55. The Balaban J connectivity index is 2.42. The van der Waals surface area contributed by atoms with Gasteiger partial charge in [0.1, 0.15) is 0 Å². The fraction of sp³-hybridized carbons (Fsp3) is 0.400. The van der Waals surface area contributed by atoms with Gasteiger partial charge in [0.25, 0.3) is 0 Å². The van der Waals surface area contributed by atoms with Gasteiger partial charge in [0, 0.05) is 18.3 Å². The highest BCUT2D eigenvalue weighted by Gasteiger charge is 2.21. The van der Waals surface area contributed by atoms with Gasteiger partial charge in [-0.1, -0.05) is 25.1 Å². The van der Waals surface area contributed by atoms with E-state index in [1.165, 1.54) is 11.3 Å². The van der Waals surface area contributed by atoms with E-state index in [1.54, 1.807) is 0 Å². The number of benzene rings is 1. The van der Waals surface area contributed by atoms with Crippen molar-refractivity contribution >= 4 is 5.69 Å². The molecule has 1 aromatic carbocycles. The summed E-state index contributed by atoms with van der Waals surface area (Å²) in [5.74, 6) is 0.528. The van der Waals surface area contributed by atoms with Gasteiger partial charge in [0.05, 0.1) is 0 Å². The Bertz CT molecular complexity index is 283. The van der Waals surface area contributed by atoms with Gasteiger partial charge < -0.3 is 11.1 Å². The first-order chi connectivity index (χ1) is 5.79. The summed E-state index contributed by atoms with van der Waals surface area (Å²) in [7, 11) is 0. The minimum Gasteiger partial charge on any atom is -0.384 e. The second kappa shape index (κ2) is 2.79. The van der Waals surface area contributed by atoms with E-state index in [0.29, 0.717) is 5.92 Å². The molecule has 0 aliphatic carbocycles. The minimum absolute atomic E-state index is 0.197. The van der Waals surface area contributed by atoms with Crippen LogP contribution in [0.3, 0.4) is 0 Å². The second-order valence-corrected chi connectivity index (χ2v) is 3.47. The van der Waals surface area contributed by atoms with Crippen LogP contribution in [0.2, 0.25) is 0 Å². The van der Waals surface area contributed by atoms with Crippen molar-refractivity contribution in [1.29, 1.82) is 0 Å². The monoisotopic (exact) mass is 162 g/mol. The predicted molar refractivity (Wildman–Crippen MR) is 51.0 cm³/mol. The standard InChI is InChI=1S/C10H14N2/c1-7-6-12-9-5-3-2-4-8(9)10(7)11/h2-5,7,10,12H,6,11H2,1H3. The first-order valence-electron chi connectivity index (χ1n) is 4.37. The zero-order valence-corrected chi connectivity index (χ0v) is 7.25.